The Kier molecular flexibility index (Phi) is 7.24. The summed E-state index contributed by atoms with van der Waals surface area (Å²) in [5, 5.41) is 5.32. The number of nitrogens with two attached hydrogens (primary N) is 1. The van der Waals surface area contributed by atoms with Gasteiger partial charge in [0.2, 0.25) is 0 Å². The molecule has 0 spiro atoms. The molecular weight excluding hydrogens is 478 g/mol. The van der Waals surface area contributed by atoms with Crippen LogP contribution in [0.4, 0.5) is 10.9 Å². The fourth-order valence-electron chi connectivity index (χ4n) is 4.36. The third-order valence-corrected chi connectivity index (χ3v) is 9.05. The topological polar surface area (TPSA) is 63.4 Å². The van der Waals surface area contributed by atoms with Gasteiger partial charge in [0.15, 0.2) is 5.13 Å². The maximum Gasteiger partial charge on any atom is 0.189 e. The molecule has 2 aliphatic heterocycles. The molecule has 8 heteroatoms. The van der Waals surface area contributed by atoms with Gasteiger partial charge in [-0.3, -0.25) is 4.90 Å². The Morgan fingerprint density at radius 1 is 1.12 bits per heavy atom. The third kappa shape index (κ3) is 5.02. The summed E-state index contributed by atoms with van der Waals surface area (Å²) in [7, 11) is 5.20. The third-order valence-electron chi connectivity index (χ3n) is 6.12. The second-order valence-corrected chi connectivity index (χ2v) is 10.9. The van der Waals surface area contributed by atoms with Crippen molar-refractivity contribution in [2.75, 3.05) is 37.4 Å². The molecule has 174 valence electrons. The number of nitrogens with zero attached hydrogens (tertiary/aromatic N) is 2. The lowest BCUT2D eigenvalue weighted by Crippen LogP contribution is -2.40. The minimum absolute atomic E-state index is 0.536. The van der Waals surface area contributed by atoms with Crippen molar-refractivity contribution in [3.05, 3.63) is 76.0 Å². The van der Waals surface area contributed by atoms with E-state index in [1.165, 1.54) is 36.0 Å². The fourth-order valence-corrected chi connectivity index (χ4v) is 6.95. The van der Waals surface area contributed by atoms with E-state index in [1.807, 2.05) is 6.07 Å². The van der Waals surface area contributed by atoms with Gasteiger partial charge < -0.3 is 15.8 Å². The van der Waals surface area contributed by atoms with E-state index in [0.717, 1.165) is 60.0 Å². The monoisotopic (exact) mass is 506 g/mol. The molecule has 5 rings (SSSR count). The van der Waals surface area contributed by atoms with Crippen LogP contribution in [0.25, 0.3) is 11.1 Å². The summed E-state index contributed by atoms with van der Waals surface area (Å²) in [5.41, 5.74) is 13.8. The van der Waals surface area contributed by atoms with Gasteiger partial charge in [-0.05, 0) is 47.8 Å². The number of morpholine rings is 1. The zero-order valence-electron chi connectivity index (χ0n) is 19.2. The number of allylic oxidation sites excluding steroid dienone is 1. The van der Waals surface area contributed by atoms with E-state index >= 15 is 0 Å². The summed E-state index contributed by atoms with van der Waals surface area (Å²) < 4.78 is 5.48. The predicted molar refractivity (Wildman–Crippen MR) is 150 cm³/mol. The summed E-state index contributed by atoms with van der Waals surface area (Å²) in [5.74, 6) is 2.80. The van der Waals surface area contributed by atoms with Crippen LogP contribution >= 0.6 is 28.4 Å². The lowest BCUT2D eigenvalue weighted by atomic mass is 9.93. The van der Waals surface area contributed by atoms with Gasteiger partial charge in [0.1, 0.15) is 5.82 Å². The number of thiazole rings is 1. The van der Waals surface area contributed by atoms with Gasteiger partial charge in [0.05, 0.1) is 18.1 Å². The van der Waals surface area contributed by atoms with E-state index < -0.39 is 0 Å². The van der Waals surface area contributed by atoms with E-state index in [9.17, 15) is 0 Å². The van der Waals surface area contributed by atoms with Crippen LogP contribution in [0.15, 0.2) is 60.0 Å². The normalized spacial score (nSPS) is 17.1. The zero-order valence-corrected chi connectivity index (χ0v) is 21.9. The molecule has 0 unspecified atom stereocenters. The first kappa shape index (κ1) is 23.4. The first-order chi connectivity index (χ1) is 16.6. The van der Waals surface area contributed by atoms with Gasteiger partial charge in [-0.1, -0.05) is 68.1 Å². The summed E-state index contributed by atoms with van der Waals surface area (Å²) in [6.45, 7) is 5.78. The standard InChI is InChI=1S/C26H28N4OP2S/c1-17-6-5-9-20(18-7-3-2-4-8-18)22(17)23(32)24-25(27)29-26(34-24)28-19-10-11-21(33-16-19)30-12-14-31-15-13-30/h2-9,16,32H,10-15,27H2,1H3,(H,28,29). The number of aromatic nitrogens is 1. The Bertz CT molecular complexity index is 1260. The van der Waals surface area contributed by atoms with Gasteiger partial charge in [0, 0.05) is 29.5 Å². The summed E-state index contributed by atoms with van der Waals surface area (Å²) in [4.78, 5) is 8.06. The number of aryl methyl sites for hydroxylation is 1. The minimum atomic E-state index is 0.536. The molecule has 0 radical (unpaired) electrons. The summed E-state index contributed by atoms with van der Waals surface area (Å²) >= 11 is 1.59. The maximum absolute atomic E-state index is 6.41. The molecule has 0 aliphatic carbocycles. The Morgan fingerprint density at radius 3 is 2.65 bits per heavy atom. The lowest BCUT2D eigenvalue weighted by Gasteiger charge is -2.30. The first-order valence-electron chi connectivity index (χ1n) is 11.5. The van der Waals surface area contributed by atoms with Crippen LogP contribution in [0.5, 0.6) is 0 Å². The molecule has 0 amide bonds. The van der Waals surface area contributed by atoms with Gasteiger partial charge >= 0.3 is 0 Å². The van der Waals surface area contributed by atoms with E-state index in [2.05, 4.69) is 79.3 Å². The molecule has 1 aromatic heterocycles. The molecule has 0 bridgehead atoms. The van der Waals surface area contributed by atoms with Gasteiger partial charge in [-0.15, -0.1) is 8.86 Å². The SMILES string of the molecule is Cc1cccc(-c2ccccc2)c1C(=P)c1sc(NC2=CP=C(N3CCOCC3)CC2)nc1N. The maximum atomic E-state index is 6.41. The molecule has 2 aromatic carbocycles. The second kappa shape index (κ2) is 10.5. The van der Waals surface area contributed by atoms with Gasteiger partial charge in [-0.25, -0.2) is 4.98 Å². The largest absolute Gasteiger partial charge is 0.382 e. The highest BCUT2D eigenvalue weighted by molar-refractivity contribution is 7.44. The van der Waals surface area contributed by atoms with Crippen LogP contribution in [0.3, 0.4) is 0 Å². The van der Waals surface area contributed by atoms with E-state index in [4.69, 9.17) is 10.5 Å². The second-order valence-electron chi connectivity index (χ2n) is 8.40. The van der Waals surface area contributed by atoms with E-state index in [0.29, 0.717) is 5.82 Å². The average molecular weight is 507 g/mol. The van der Waals surface area contributed by atoms with Crippen molar-refractivity contribution in [3.8, 4) is 11.1 Å². The first-order valence-corrected chi connectivity index (χ1v) is 13.7. The Labute approximate surface area is 208 Å². The number of ether oxygens (including phenoxy) is 1. The highest BCUT2D eigenvalue weighted by atomic mass is 32.1. The van der Waals surface area contributed by atoms with Crippen molar-refractivity contribution >= 4 is 50.1 Å². The van der Waals surface area contributed by atoms with Crippen molar-refractivity contribution in [3.63, 3.8) is 0 Å². The van der Waals surface area contributed by atoms with Gasteiger partial charge in [0.25, 0.3) is 0 Å². The lowest BCUT2D eigenvalue weighted by molar-refractivity contribution is 0.0682. The van der Waals surface area contributed by atoms with Crippen LogP contribution in [0.2, 0.25) is 0 Å². The Balaban J connectivity index is 1.37. The van der Waals surface area contributed by atoms with Crippen LogP contribution in [-0.2, 0) is 4.74 Å². The van der Waals surface area contributed by atoms with E-state index in [1.54, 1.807) is 11.3 Å². The predicted octanol–water partition coefficient (Wildman–Crippen LogP) is 5.87. The Hall–Kier alpha value is -2.33. The number of rotatable bonds is 6. The van der Waals surface area contributed by atoms with Crippen LogP contribution in [-0.4, -0.2) is 46.9 Å². The van der Waals surface area contributed by atoms with Crippen LogP contribution < -0.4 is 11.1 Å². The number of benzene rings is 2. The molecule has 0 saturated carbocycles. The number of hydrogen-bond donors (Lipinski definition) is 2. The smallest absolute Gasteiger partial charge is 0.189 e. The number of anilines is 2. The molecule has 5 nitrogen and oxygen atoms in total. The van der Waals surface area contributed by atoms with Crippen molar-refractivity contribution < 1.29 is 4.74 Å². The van der Waals surface area contributed by atoms with E-state index in [-0.39, 0.29) is 0 Å². The number of nitrogens with one attached hydrogen (secondary N) is 1. The molecule has 2 aliphatic rings. The molecule has 3 N–H and O–H groups in total. The van der Waals surface area contributed by atoms with Crippen molar-refractivity contribution in [2.24, 2.45) is 0 Å². The molecular formula is C26H28N4OP2S. The molecule has 0 atom stereocenters. The molecule has 3 heterocycles. The highest BCUT2D eigenvalue weighted by Crippen LogP contribution is 2.35. The van der Waals surface area contributed by atoms with Crippen molar-refractivity contribution in [1.29, 1.82) is 0 Å². The quantitative estimate of drug-likeness (QED) is 0.410. The minimum Gasteiger partial charge on any atom is -0.382 e. The van der Waals surface area contributed by atoms with Gasteiger partial charge in [-0.2, -0.15) is 0 Å². The highest BCUT2D eigenvalue weighted by Gasteiger charge is 2.21. The fraction of sp³-hybridized carbons (Fsp3) is 0.269. The molecule has 3 aromatic rings. The molecule has 1 fully saturated rings. The van der Waals surface area contributed by atoms with Crippen LogP contribution in [0.1, 0.15) is 28.8 Å². The van der Waals surface area contributed by atoms with Crippen molar-refractivity contribution in [2.45, 2.75) is 19.8 Å². The number of hydrogen-bond acceptors (Lipinski definition) is 6. The van der Waals surface area contributed by atoms with Crippen LogP contribution in [0, 0.1) is 6.92 Å². The summed E-state index contributed by atoms with van der Waals surface area (Å²) in [6.07, 6.45) is 2.04. The average Bonchev–Trinajstić information content (AvgIpc) is 3.24. The zero-order chi connectivity index (χ0) is 23.5. The molecule has 34 heavy (non-hydrogen) atoms. The molecule has 1 saturated heterocycles. The number of nitrogen functional groups attached to an aromatic ring is 1. The van der Waals surface area contributed by atoms with Crippen molar-refractivity contribution in [1.82, 2.24) is 9.88 Å². The Morgan fingerprint density at radius 2 is 1.91 bits per heavy atom. The summed E-state index contributed by atoms with van der Waals surface area (Å²) in [6, 6.07) is 16.8.